The van der Waals surface area contributed by atoms with E-state index >= 15 is 0 Å². The molecule has 0 atom stereocenters. The molecule has 0 aromatic carbocycles. The van der Waals surface area contributed by atoms with Crippen LogP contribution < -0.4 is 4.74 Å². The van der Waals surface area contributed by atoms with E-state index in [-0.39, 0.29) is 12.0 Å². The standard InChI is InChI=1S/C20H21ClN6O2/c1-12(2)29-19-14-9-27(20(28)16-10-26(3)11-23-16)7-6-15(14)24-18(25-19)13-4-5-17(21)22-8-13/h4-5,8,10-12H,6-7,9H2,1-3H3. The predicted molar refractivity (Wildman–Crippen MR) is 108 cm³/mol. The Morgan fingerprint density at radius 3 is 2.72 bits per heavy atom. The molecule has 0 spiro atoms. The SMILES string of the molecule is CC(C)Oc1nc(-c2ccc(Cl)nc2)nc2c1CN(C(=O)c1cn(C)cn1)CC2. The van der Waals surface area contributed by atoms with Crippen LogP contribution in [0, 0.1) is 0 Å². The minimum Gasteiger partial charge on any atom is -0.475 e. The number of carbonyl (C=O) groups excluding carboxylic acids is 1. The summed E-state index contributed by atoms with van der Waals surface area (Å²) in [6.07, 6.45) is 5.53. The number of hydrogen-bond acceptors (Lipinski definition) is 6. The Labute approximate surface area is 173 Å². The quantitative estimate of drug-likeness (QED) is 0.612. The highest BCUT2D eigenvalue weighted by Gasteiger charge is 2.28. The Kier molecular flexibility index (Phi) is 5.19. The summed E-state index contributed by atoms with van der Waals surface area (Å²) < 4.78 is 7.74. The molecule has 3 aromatic rings. The number of aromatic nitrogens is 5. The monoisotopic (exact) mass is 412 g/mol. The maximum Gasteiger partial charge on any atom is 0.274 e. The van der Waals surface area contributed by atoms with Crippen molar-refractivity contribution in [3.05, 3.63) is 53.0 Å². The highest BCUT2D eigenvalue weighted by molar-refractivity contribution is 6.29. The van der Waals surface area contributed by atoms with Crippen LogP contribution in [0.5, 0.6) is 5.88 Å². The van der Waals surface area contributed by atoms with Crippen LogP contribution >= 0.6 is 11.6 Å². The van der Waals surface area contributed by atoms with E-state index in [2.05, 4.69) is 15.0 Å². The second-order valence-electron chi connectivity index (χ2n) is 7.21. The van der Waals surface area contributed by atoms with Crippen LogP contribution in [0.15, 0.2) is 30.9 Å². The maximum absolute atomic E-state index is 12.8. The van der Waals surface area contributed by atoms with Crippen molar-refractivity contribution in [2.45, 2.75) is 32.9 Å². The van der Waals surface area contributed by atoms with Gasteiger partial charge in [-0.1, -0.05) is 11.6 Å². The second kappa shape index (κ2) is 7.79. The third-order valence-corrected chi connectivity index (χ3v) is 4.79. The lowest BCUT2D eigenvalue weighted by molar-refractivity contribution is 0.0724. The molecule has 4 heterocycles. The van der Waals surface area contributed by atoms with Gasteiger partial charge in [-0.3, -0.25) is 4.79 Å². The fourth-order valence-electron chi connectivity index (χ4n) is 3.20. The molecule has 0 unspecified atom stereocenters. The van der Waals surface area contributed by atoms with Crippen molar-refractivity contribution in [3.8, 4) is 17.3 Å². The molecule has 0 saturated heterocycles. The number of rotatable bonds is 4. The highest BCUT2D eigenvalue weighted by atomic mass is 35.5. The van der Waals surface area contributed by atoms with Gasteiger partial charge < -0.3 is 14.2 Å². The molecule has 0 N–H and O–H groups in total. The molecule has 3 aromatic heterocycles. The Hall–Kier alpha value is -3.00. The smallest absolute Gasteiger partial charge is 0.274 e. The number of ether oxygens (including phenoxy) is 1. The van der Waals surface area contributed by atoms with Crippen LogP contribution in [0.2, 0.25) is 5.15 Å². The first-order valence-electron chi connectivity index (χ1n) is 9.36. The van der Waals surface area contributed by atoms with E-state index in [1.165, 1.54) is 0 Å². The summed E-state index contributed by atoms with van der Waals surface area (Å²) in [5.41, 5.74) is 2.90. The third-order valence-electron chi connectivity index (χ3n) is 4.57. The van der Waals surface area contributed by atoms with Gasteiger partial charge in [0.25, 0.3) is 5.91 Å². The zero-order valence-corrected chi connectivity index (χ0v) is 17.2. The average molecular weight is 413 g/mol. The van der Waals surface area contributed by atoms with Gasteiger partial charge in [-0.05, 0) is 26.0 Å². The normalized spacial score (nSPS) is 13.5. The summed E-state index contributed by atoms with van der Waals surface area (Å²) in [7, 11) is 1.84. The number of nitrogens with zero attached hydrogens (tertiary/aromatic N) is 6. The first-order chi connectivity index (χ1) is 13.9. The van der Waals surface area contributed by atoms with Crippen molar-refractivity contribution < 1.29 is 9.53 Å². The Bertz CT molecular complexity index is 1050. The van der Waals surface area contributed by atoms with E-state index in [4.69, 9.17) is 21.3 Å². The number of pyridine rings is 1. The van der Waals surface area contributed by atoms with Gasteiger partial charge in [-0.25, -0.2) is 15.0 Å². The lowest BCUT2D eigenvalue weighted by atomic mass is 10.1. The van der Waals surface area contributed by atoms with Gasteiger partial charge in [0.15, 0.2) is 5.82 Å². The summed E-state index contributed by atoms with van der Waals surface area (Å²) in [4.78, 5) is 32.2. The van der Waals surface area contributed by atoms with Crippen LogP contribution in [-0.4, -0.2) is 48.0 Å². The van der Waals surface area contributed by atoms with Gasteiger partial charge >= 0.3 is 0 Å². The molecule has 9 heteroatoms. The maximum atomic E-state index is 12.8. The molecule has 150 valence electrons. The largest absolute Gasteiger partial charge is 0.475 e. The van der Waals surface area contributed by atoms with E-state index < -0.39 is 0 Å². The van der Waals surface area contributed by atoms with E-state index in [1.807, 2.05) is 27.0 Å². The summed E-state index contributed by atoms with van der Waals surface area (Å²) in [5.74, 6) is 0.916. The Morgan fingerprint density at radius 1 is 1.24 bits per heavy atom. The van der Waals surface area contributed by atoms with Crippen LogP contribution in [0.4, 0.5) is 0 Å². The van der Waals surface area contributed by atoms with E-state index in [0.29, 0.717) is 42.1 Å². The van der Waals surface area contributed by atoms with Crippen molar-refractivity contribution in [2.24, 2.45) is 7.05 Å². The molecule has 8 nitrogen and oxygen atoms in total. The fourth-order valence-corrected chi connectivity index (χ4v) is 3.31. The minimum absolute atomic E-state index is 0.0629. The number of halogens is 1. The summed E-state index contributed by atoms with van der Waals surface area (Å²) in [6.45, 7) is 4.82. The van der Waals surface area contributed by atoms with Crippen molar-refractivity contribution in [1.29, 1.82) is 0 Å². The van der Waals surface area contributed by atoms with Gasteiger partial charge in [0.05, 0.1) is 30.2 Å². The zero-order valence-electron chi connectivity index (χ0n) is 16.5. The third kappa shape index (κ3) is 4.07. The summed E-state index contributed by atoms with van der Waals surface area (Å²) >= 11 is 5.89. The first-order valence-corrected chi connectivity index (χ1v) is 9.74. The Balaban J connectivity index is 1.69. The molecular weight excluding hydrogens is 392 g/mol. The Morgan fingerprint density at radius 2 is 2.07 bits per heavy atom. The lowest BCUT2D eigenvalue weighted by Gasteiger charge is -2.29. The molecular formula is C20H21ClN6O2. The molecule has 0 saturated carbocycles. The van der Waals surface area contributed by atoms with E-state index in [9.17, 15) is 4.79 Å². The van der Waals surface area contributed by atoms with Crippen LogP contribution in [-0.2, 0) is 20.0 Å². The molecule has 1 amide bonds. The molecule has 4 rings (SSSR count). The molecule has 0 fully saturated rings. The van der Waals surface area contributed by atoms with Crippen LogP contribution in [0.3, 0.4) is 0 Å². The first kappa shape index (κ1) is 19.3. The number of amides is 1. The molecule has 1 aliphatic rings. The highest BCUT2D eigenvalue weighted by Crippen LogP contribution is 2.30. The summed E-state index contributed by atoms with van der Waals surface area (Å²) in [5, 5.41) is 0.411. The van der Waals surface area contributed by atoms with Crippen molar-refractivity contribution in [1.82, 2.24) is 29.4 Å². The van der Waals surface area contributed by atoms with Gasteiger partial charge in [0, 0.05) is 38.0 Å². The van der Waals surface area contributed by atoms with E-state index in [1.54, 1.807) is 34.3 Å². The van der Waals surface area contributed by atoms with Crippen LogP contribution in [0.1, 0.15) is 35.6 Å². The molecule has 0 aliphatic carbocycles. The lowest BCUT2D eigenvalue weighted by Crippen LogP contribution is -2.37. The van der Waals surface area contributed by atoms with Gasteiger partial charge in [-0.15, -0.1) is 0 Å². The van der Waals surface area contributed by atoms with E-state index in [0.717, 1.165) is 16.8 Å². The predicted octanol–water partition coefficient (Wildman–Crippen LogP) is 2.91. The van der Waals surface area contributed by atoms with Gasteiger partial charge in [0.2, 0.25) is 5.88 Å². The molecule has 29 heavy (non-hydrogen) atoms. The number of fused-ring (bicyclic) bond motifs is 1. The van der Waals surface area contributed by atoms with Gasteiger partial charge in [-0.2, -0.15) is 4.98 Å². The number of aryl methyl sites for hydroxylation is 1. The number of carbonyl (C=O) groups is 1. The number of hydrogen-bond donors (Lipinski definition) is 0. The molecule has 0 radical (unpaired) electrons. The van der Waals surface area contributed by atoms with Crippen molar-refractivity contribution in [2.75, 3.05) is 6.54 Å². The molecule has 1 aliphatic heterocycles. The second-order valence-corrected chi connectivity index (χ2v) is 7.60. The minimum atomic E-state index is -0.113. The summed E-state index contributed by atoms with van der Waals surface area (Å²) in [6, 6.07) is 3.53. The van der Waals surface area contributed by atoms with Crippen molar-refractivity contribution in [3.63, 3.8) is 0 Å². The van der Waals surface area contributed by atoms with Crippen LogP contribution in [0.25, 0.3) is 11.4 Å². The average Bonchev–Trinajstić information content (AvgIpc) is 3.13. The zero-order chi connectivity index (χ0) is 20.5. The fraction of sp³-hybridized carbons (Fsp3) is 0.350. The van der Waals surface area contributed by atoms with Crippen molar-refractivity contribution >= 4 is 17.5 Å². The molecule has 0 bridgehead atoms. The topological polar surface area (TPSA) is 86.0 Å². The number of imidazole rings is 1. The van der Waals surface area contributed by atoms with Gasteiger partial charge in [0.1, 0.15) is 10.8 Å².